The summed E-state index contributed by atoms with van der Waals surface area (Å²) in [4.78, 5) is 15.9. The number of hydrogen-bond donors (Lipinski definition) is 0. The third-order valence-electron chi connectivity index (χ3n) is 5.96. The summed E-state index contributed by atoms with van der Waals surface area (Å²) in [6, 6.07) is 27.9. The van der Waals surface area contributed by atoms with E-state index in [2.05, 4.69) is 0 Å². The molecule has 1 unspecified atom stereocenters. The standard InChI is InChI=1S/C28H29N3O4S/c1-29(2)26-13-7-12-25-24(26)11-8-14-27(25)31(36(33)34)20-19-21-15-17-23(18-16-21)35-28(32)30(3)22-9-5-4-6-10-22/h4-18H,19-20H2,1-3H3,(H,33,34)/p-1. The third kappa shape index (κ3) is 5.67. The van der Waals surface area contributed by atoms with Crippen molar-refractivity contribution in [2.75, 3.05) is 41.8 Å². The van der Waals surface area contributed by atoms with Gasteiger partial charge in [0.25, 0.3) is 0 Å². The van der Waals surface area contributed by atoms with Crippen LogP contribution >= 0.6 is 0 Å². The average Bonchev–Trinajstić information content (AvgIpc) is 2.89. The largest absolute Gasteiger partial charge is 0.755 e. The second-order valence-corrected chi connectivity index (χ2v) is 9.39. The number of carbonyl (C=O) groups excluding carboxylic acids is 1. The molecule has 0 heterocycles. The highest BCUT2D eigenvalue weighted by molar-refractivity contribution is 7.80. The summed E-state index contributed by atoms with van der Waals surface area (Å²) in [5.74, 6) is 0.418. The highest BCUT2D eigenvalue weighted by Crippen LogP contribution is 2.33. The molecule has 8 heteroatoms. The summed E-state index contributed by atoms with van der Waals surface area (Å²) in [7, 11) is 5.58. The van der Waals surface area contributed by atoms with Gasteiger partial charge in [0, 0.05) is 61.1 Å². The Hall–Kier alpha value is -3.88. The van der Waals surface area contributed by atoms with Crippen LogP contribution in [0.3, 0.4) is 0 Å². The fourth-order valence-electron chi connectivity index (χ4n) is 4.04. The molecule has 0 saturated heterocycles. The number of ether oxygens (including phenoxy) is 1. The maximum atomic E-state index is 12.4. The molecule has 0 aliphatic rings. The number of fused-ring (bicyclic) bond motifs is 1. The van der Waals surface area contributed by atoms with Crippen LogP contribution in [0.15, 0.2) is 91.0 Å². The first-order valence-electron chi connectivity index (χ1n) is 11.5. The molecule has 36 heavy (non-hydrogen) atoms. The zero-order valence-electron chi connectivity index (χ0n) is 20.5. The van der Waals surface area contributed by atoms with E-state index in [9.17, 15) is 13.6 Å². The lowest BCUT2D eigenvalue weighted by molar-refractivity contribution is 0.209. The van der Waals surface area contributed by atoms with Gasteiger partial charge in [0.2, 0.25) is 0 Å². The zero-order valence-corrected chi connectivity index (χ0v) is 21.3. The van der Waals surface area contributed by atoms with Gasteiger partial charge >= 0.3 is 6.09 Å². The Bertz CT molecular complexity index is 1360. The number of para-hydroxylation sites is 1. The topological polar surface area (TPSA) is 76.2 Å². The molecular weight excluding hydrogens is 474 g/mol. The SMILES string of the molecule is CN(C)c1cccc2c(N(CCc3ccc(OC(=O)N(C)c4ccccc4)cc3)S(=O)[O-])cccc12. The highest BCUT2D eigenvalue weighted by atomic mass is 32.2. The molecule has 0 spiro atoms. The number of benzene rings is 4. The molecular formula is C28H28N3O4S-. The molecule has 1 amide bonds. The quantitative estimate of drug-likeness (QED) is 0.302. The highest BCUT2D eigenvalue weighted by Gasteiger charge is 2.15. The number of rotatable bonds is 8. The molecule has 0 bridgehead atoms. The number of anilines is 3. The molecule has 0 saturated carbocycles. The minimum Gasteiger partial charge on any atom is -0.755 e. The van der Waals surface area contributed by atoms with Crippen LogP contribution in [0, 0.1) is 0 Å². The van der Waals surface area contributed by atoms with Crippen molar-refractivity contribution in [3.63, 3.8) is 0 Å². The van der Waals surface area contributed by atoms with Crippen molar-refractivity contribution in [3.8, 4) is 5.75 Å². The molecule has 4 rings (SSSR count). The lowest BCUT2D eigenvalue weighted by Crippen LogP contribution is -2.29. The van der Waals surface area contributed by atoms with Crippen LogP contribution in [0.2, 0.25) is 0 Å². The minimum absolute atomic E-state index is 0.275. The molecule has 0 aliphatic carbocycles. The van der Waals surface area contributed by atoms with Crippen molar-refractivity contribution in [1.29, 1.82) is 0 Å². The van der Waals surface area contributed by atoms with Gasteiger partial charge in [-0.1, -0.05) is 54.6 Å². The van der Waals surface area contributed by atoms with E-state index in [1.807, 2.05) is 97.9 Å². The van der Waals surface area contributed by atoms with Crippen LogP contribution in [0.4, 0.5) is 21.9 Å². The van der Waals surface area contributed by atoms with Crippen molar-refractivity contribution in [1.82, 2.24) is 0 Å². The van der Waals surface area contributed by atoms with Crippen LogP contribution in [-0.2, 0) is 17.7 Å². The van der Waals surface area contributed by atoms with Gasteiger partial charge in [0.1, 0.15) is 5.75 Å². The molecule has 7 nitrogen and oxygen atoms in total. The van der Waals surface area contributed by atoms with Crippen LogP contribution < -0.4 is 18.8 Å². The van der Waals surface area contributed by atoms with Crippen molar-refractivity contribution >= 4 is 45.2 Å². The van der Waals surface area contributed by atoms with E-state index in [1.54, 1.807) is 19.2 Å². The van der Waals surface area contributed by atoms with Crippen molar-refractivity contribution in [3.05, 3.63) is 96.6 Å². The van der Waals surface area contributed by atoms with Gasteiger partial charge in [-0.25, -0.2) is 4.79 Å². The van der Waals surface area contributed by atoms with Crippen LogP contribution in [0.25, 0.3) is 10.8 Å². The molecule has 0 N–H and O–H groups in total. The smallest absolute Gasteiger partial charge is 0.419 e. The summed E-state index contributed by atoms with van der Waals surface area (Å²) in [6.45, 7) is 0.275. The zero-order chi connectivity index (χ0) is 25.7. The second-order valence-electron chi connectivity index (χ2n) is 8.52. The van der Waals surface area contributed by atoms with Crippen molar-refractivity contribution in [2.45, 2.75) is 6.42 Å². The van der Waals surface area contributed by atoms with Gasteiger partial charge in [-0.05, 0) is 48.4 Å². The normalized spacial score (nSPS) is 11.7. The monoisotopic (exact) mass is 502 g/mol. The Morgan fingerprint density at radius 2 is 1.42 bits per heavy atom. The predicted octanol–water partition coefficient (Wildman–Crippen LogP) is 5.38. The third-order valence-corrected chi connectivity index (χ3v) is 6.70. The van der Waals surface area contributed by atoms with Crippen LogP contribution in [0.5, 0.6) is 5.75 Å². The maximum Gasteiger partial charge on any atom is 0.419 e. The first-order valence-corrected chi connectivity index (χ1v) is 12.5. The Morgan fingerprint density at radius 3 is 2.03 bits per heavy atom. The predicted molar refractivity (Wildman–Crippen MR) is 146 cm³/mol. The van der Waals surface area contributed by atoms with Gasteiger partial charge in [-0.2, -0.15) is 0 Å². The van der Waals surface area contributed by atoms with Crippen LogP contribution in [-0.4, -0.2) is 42.5 Å². The fourth-order valence-corrected chi connectivity index (χ4v) is 4.60. The molecule has 186 valence electrons. The van der Waals surface area contributed by atoms with Crippen molar-refractivity contribution in [2.24, 2.45) is 0 Å². The van der Waals surface area contributed by atoms with Gasteiger partial charge in [-0.3, -0.25) is 9.11 Å². The molecule has 0 aromatic heterocycles. The second kappa shape index (κ2) is 11.2. The summed E-state index contributed by atoms with van der Waals surface area (Å²) >= 11 is -2.44. The lowest BCUT2D eigenvalue weighted by atomic mass is 10.1. The first kappa shape index (κ1) is 25.2. The number of nitrogens with zero attached hydrogens (tertiary/aromatic N) is 3. The summed E-state index contributed by atoms with van der Waals surface area (Å²) in [6.07, 6.45) is 0.00511. The van der Waals surface area contributed by atoms with E-state index in [-0.39, 0.29) is 6.54 Å². The van der Waals surface area contributed by atoms with Gasteiger partial charge < -0.3 is 18.5 Å². The minimum atomic E-state index is -2.44. The van der Waals surface area contributed by atoms with E-state index < -0.39 is 17.4 Å². The molecule has 0 aliphatic heterocycles. The van der Waals surface area contributed by atoms with Crippen molar-refractivity contribution < 1.29 is 18.3 Å². The van der Waals surface area contributed by atoms with E-state index in [1.165, 1.54) is 9.21 Å². The molecule has 0 fully saturated rings. The van der Waals surface area contributed by atoms with E-state index in [4.69, 9.17) is 4.74 Å². The van der Waals surface area contributed by atoms with E-state index in [0.717, 1.165) is 27.7 Å². The summed E-state index contributed by atoms with van der Waals surface area (Å²) in [5.41, 5.74) is 3.32. The summed E-state index contributed by atoms with van der Waals surface area (Å²) in [5, 5.41) is 1.86. The summed E-state index contributed by atoms with van der Waals surface area (Å²) < 4.78 is 31.2. The number of carbonyl (C=O) groups is 1. The molecule has 1 atom stereocenters. The average molecular weight is 503 g/mol. The maximum absolute atomic E-state index is 12.4. The Balaban J connectivity index is 1.46. The van der Waals surface area contributed by atoms with Crippen LogP contribution in [0.1, 0.15) is 5.56 Å². The number of hydrogen-bond acceptors (Lipinski definition) is 5. The number of amides is 1. The van der Waals surface area contributed by atoms with E-state index in [0.29, 0.717) is 17.9 Å². The Labute approximate surface area is 213 Å². The molecule has 4 aromatic carbocycles. The first-order chi connectivity index (χ1) is 17.3. The Morgan fingerprint density at radius 1 is 0.806 bits per heavy atom. The van der Waals surface area contributed by atoms with E-state index >= 15 is 0 Å². The molecule has 4 aromatic rings. The Kier molecular flexibility index (Phi) is 7.87. The lowest BCUT2D eigenvalue weighted by Gasteiger charge is -2.28. The molecule has 0 radical (unpaired) electrons. The van der Waals surface area contributed by atoms with Gasteiger partial charge in [0.15, 0.2) is 0 Å². The van der Waals surface area contributed by atoms with Gasteiger partial charge in [-0.15, -0.1) is 0 Å². The fraction of sp³-hybridized carbons (Fsp3) is 0.179. The van der Waals surface area contributed by atoms with Gasteiger partial charge in [0.05, 0.1) is 5.69 Å².